The molecule has 0 saturated heterocycles. The lowest BCUT2D eigenvalue weighted by atomic mass is 10.0. The van der Waals surface area contributed by atoms with Gasteiger partial charge in [-0.15, -0.1) is 0 Å². The highest BCUT2D eigenvalue weighted by atomic mass is 16.3. The molecule has 0 heterocycles. The average Bonchev–Trinajstić information content (AvgIpc) is 2.10. The number of carbonyl (C=O) groups excluding carboxylic acids is 1. The third kappa shape index (κ3) is 6.47. The second-order valence-corrected chi connectivity index (χ2v) is 4.78. The Balaban J connectivity index is 4.09. The molecule has 0 aliphatic rings. The molecule has 1 atom stereocenters. The van der Waals surface area contributed by atoms with Crippen molar-refractivity contribution >= 4 is 5.91 Å². The van der Waals surface area contributed by atoms with Crippen molar-refractivity contribution in [1.29, 1.82) is 0 Å². The minimum Gasteiger partial charge on any atom is -0.389 e. The molecule has 0 aliphatic carbocycles. The molecule has 0 aromatic heterocycles. The molecule has 4 nitrogen and oxygen atoms in total. The summed E-state index contributed by atoms with van der Waals surface area (Å²) in [6.45, 7) is 6.31. The third-order valence-electron chi connectivity index (χ3n) is 2.42. The Morgan fingerprint density at radius 2 is 2.07 bits per heavy atom. The van der Waals surface area contributed by atoms with E-state index in [2.05, 4.69) is 0 Å². The van der Waals surface area contributed by atoms with E-state index in [-0.39, 0.29) is 11.8 Å². The molecule has 90 valence electrons. The lowest BCUT2D eigenvalue weighted by Gasteiger charge is -2.26. The van der Waals surface area contributed by atoms with Gasteiger partial charge in [-0.1, -0.05) is 13.3 Å². The molecule has 1 amide bonds. The van der Waals surface area contributed by atoms with Crippen molar-refractivity contribution in [2.24, 2.45) is 11.7 Å². The SMILES string of the molecule is CCC(CN)CC(=O)N(C)CC(C)(C)O. The molecule has 0 aromatic rings. The number of nitrogens with two attached hydrogens (primary N) is 1. The Kier molecular flexibility index (Phi) is 5.83. The third-order valence-corrected chi connectivity index (χ3v) is 2.42. The predicted octanol–water partition coefficient (Wildman–Crippen LogP) is 0.591. The second kappa shape index (κ2) is 6.08. The summed E-state index contributed by atoms with van der Waals surface area (Å²) in [5.41, 5.74) is 4.70. The lowest BCUT2D eigenvalue weighted by molar-refractivity contribution is -0.133. The molecule has 0 spiro atoms. The van der Waals surface area contributed by atoms with Gasteiger partial charge < -0.3 is 15.7 Å². The number of rotatable bonds is 6. The average molecular weight is 216 g/mol. The molecule has 15 heavy (non-hydrogen) atoms. The van der Waals surface area contributed by atoms with E-state index < -0.39 is 5.60 Å². The Morgan fingerprint density at radius 1 is 1.53 bits per heavy atom. The zero-order chi connectivity index (χ0) is 12.1. The molecule has 3 N–H and O–H groups in total. The molecule has 4 heteroatoms. The summed E-state index contributed by atoms with van der Waals surface area (Å²) in [4.78, 5) is 13.3. The van der Waals surface area contributed by atoms with Crippen LogP contribution in [0, 0.1) is 5.92 Å². The maximum absolute atomic E-state index is 11.7. The van der Waals surface area contributed by atoms with Crippen LogP contribution in [-0.4, -0.2) is 41.7 Å². The van der Waals surface area contributed by atoms with Gasteiger partial charge in [0.2, 0.25) is 5.91 Å². The van der Waals surface area contributed by atoms with Gasteiger partial charge in [-0.25, -0.2) is 0 Å². The Morgan fingerprint density at radius 3 is 2.40 bits per heavy atom. The number of amides is 1. The maximum Gasteiger partial charge on any atom is 0.222 e. The smallest absolute Gasteiger partial charge is 0.222 e. The minimum atomic E-state index is -0.838. The fourth-order valence-electron chi connectivity index (χ4n) is 1.47. The summed E-state index contributed by atoms with van der Waals surface area (Å²) < 4.78 is 0. The minimum absolute atomic E-state index is 0.0504. The highest BCUT2D eigenvalue weighted by molar-refractivity contribution is 5.76. The maximum atomic E-state index is 11.7. The highest BCUT2D eigenvalue weighted by Gasteiger charge is 2.20. The molecular weight excluding hydrogens is 192 g/mol. The Labute approximate surface area is 92.4 Å². The van der Waals surface area contributed by atoms with Crippen molar-refractivity contribution in [2.75, 3.05) is 20.1 Å². The number of carbonyl (C=O) groups is 1. The van der Waals surface area contributed by atoms with Gasteiger partial charge in [0, 0.05) is 20.0 Å². The summed E-state index contributed by atoms with van der Waals surface area (Å²) in [6, 6.07) is 0. The van der Waals surface area contributed by atoms with Gasteiger partial charge in [0.25, 0.3) is 0 Å². The summed E-state index contributed by atoms with van der Waals surface area (Å²) in [7, 11) is 1.71. The van der Waals surface area contributed by atoms with Crippen LogP contribution in [0.2, 0.25) is 0 Å². The largest absolute Gasteiger partial charge is 0.389 e. The van der Waals surface area contributed by atoms with Gasteiger partial charge in [-0.3, -0.25) is 4.79 Å². The molecule has 1 unspecified atom stereocenters. The van der Waals surface area contributed by atoms with Crippen LogP contribution in [0.4, 0.5) is 0 Å². The van der Waals surface area contributed by atoms with Crippen LogP contribution in [0.3, 0.4) is 0 Å². The molecule has 0 fully saturated rings. The van der Waals surface area contributed by atoms with Crippen LogP contribution < -0.4 is 5.73 Å². The number of aliphatic hydroxyl groups is 1. The van der Waals surface area contributed by atoms with E-state index in [9.17, 15) is 9.90 Å². The summed E-state index contributed by atoms with van der Waals surface area (Å²) in [6.07, 6.45) is 1.39. The van der Waals surface area contributed by atoms with Gasteiger partial charge in [0.1, 0.15) is 0 Å². The van der Waals surface area contributed by atoms with E-state index in [0.29, 0.717) is 19.5 Å². The Hall–Kier alpha value is -0.610. The first kappa shape index (κ1) is 14.4. The zero-order valence-corrected chi connectivity index (χ0v) is 10.3. The molecule has 0 rings (SSSR count). The first-order valence-corrected chi connectivity index (χ1v) is 5.46. The molecule has 0 aliphatic heterocycles. The fourth-order valence-corrected chi connectivity index (χ4v) is 1.47. The second-order valence-electron chi connectivity index (χ2n) is 4.78. The van der Waals surface area contributed by atoms with Gasteiger partial charge in [-0.2, -0.15) is 0 Å². The van der Waals surface area contributed by atoms with Gasteiger partial charge in [-0.05, 0) is 26.3 Å². The fraction of sp³-hybridized carbons (Fsp3) is 0.909. The van der Waals surface area contributed by atoms with E-state index in [1.165, 1.54) is 0 Å². The number of hydrogen-bond donors (Lipinski definition) is 2. The first-order valence-electron chi connectivity index (χ1n) is 5.46. The van der Waals surface area contributed by atoms with Crippen molar-refractivity contribution in [3.8, 4) is 0 Å². The van der Waals surface area contributed by atoms with E-state index in [0.717, 1.165) is 6.42 Å². The van der Waals surface area contributed by atoms with Crippen molar-refractivity contribution in [3.05, 3.63) is 0 Å². The van der Waals surface area contributed by atoms with E-state index >= 15 is 0 Å². The first-order chi connectivity index (χ1) is 6.80. The summed E-state index contributed by atoms with van der Waals surface area (Å²) >= 11 is 0. The summed E-state index contributed by atoms with van der Waals surface area (Å²) in [5.74, 6) is 0.302. The van der Waals surface area contributed by atoms with Crippen LogP contribution in [0.15, 0.2) is 0 Å². The van der Waals surface area contributed by atoms with Gasteiger partial charge >= 0.3 is 0 Å². The van der Waals surface area contributed by atoms with Crippen molar-refractivity contribution in [2.45, 2.75) is 39.2 Å². The molecule has 0 radical (unpaired) electrons. The Bertz CT molecular complexity index is 195. The molecule has 0 aromatic carbocycles. The van der Waals surface area contributed by atoms with Crippen LogP contribution in [-0.2, 0) is 4.79 Å². The van der Waals surface area contributed by atoms with Gasteiger partial charge in [0.15, 0.2) is 0 Å². The molecule has 0 bridgehead atoms. The van der Waals surface area contributed by atoms with E-state index in [1.807, 2.05) is 6.92 Å². The molecular formula is C11H24N2O2. The number of nitrogens with zero attached hydrogens (tertiary/aromatic N) is 1. The standard InChI is InChI=1S/C11H24N2O2/c1-5-9(7-12)6-10(14)13(4)8-11(2,3)15/h9,15H,5-8,12H2,1-4H3. The van der Waals surface area contributed by atoms with Crippen molar-refractivity contribution < 1.29 is 9.90 Å². The molecule has 0 saturated carbocycles. The summed E-state index contributed by atoms with van der Waals surface area (Å²) in [5, 5.41) is 9.57. The zero-order valence-electron chi connectivity index (χ0n) is 10.3. The van der Waals surface area contributed by atoms with Crippen LogP contribution in [0.1, 0.15) is 33.6 Å². The van der Waals surface area contributed by atoms with Crippen LogP contribution in [0.25, 0.3) is 0 Å². The lowest BCUT2D eigenvalue weighted by Crippen LogP contribution is -2.40. The predicted molar refractivity (Wildman–Crippen MR) is 61.4 cm³/mol. The monoisotopic (exact) mass is 216 g/mol. The number of hydrogen-bond acceptors (Lipinski definition) is 3. The van der Waals surface area contributed by atoms with Crippen molar-refractivity contribution in [1.82, 2.24) is 4.90 Å². The van der Waals surface area contributed by atoms with Crippen LogP contribution in [0.5, 0.6) is 0 Å². The highest BCUT2D eigenvalue weighted by Crippen LogP contribution is 2.10. The van der Waals surface area contributed by atoms with Gasteiger partial charge in [0.05, 0.1) is 5.60 Å². The van der Waals surface area contributed by atoms with Crippen LogP contribution >= 0.6 is 0 Å². The quantitative estimate of drug-likeness (QED) is 0.683. The van der Waals surface area contributed by atoms with E-state index in [1.54, 1.807) is 25.8 Å². The van der Waals surface area contributed by atoms with E-state index in [4.69, 9.17) is 5.73 Å². The van der Waals surface area contributed by atoms with Crippen molar-refractivity contribution in [3.63, 3.8) is 0 Å². The topological polar surface area (TPSA) is 66.6 Å². The normalized spacial score (nSPS) is 13.7. The number of likely N-dealkylation sites (N-methyl/N-ethyl adjacent to an activating group) is 1.